The molecule has 2 heterocycles. The Labute approximate surface area is 197 Å². The van der Waals surface area contributed by atoms with Crippen LogP contribution in [-0.4, -0.2) is 46.9 Å². The summed E-state index contributed by atoms with van der Waals surface area (Å²) in [6.07, 6.45) is 4.22. The molecule has 5 rings (SSSR count). The lowest BCUT2D eigenvalue weighted by Gasteiger charge is -2.26. The van der Waals surface area contributed by atoms with Gasteiger partial charge in [-0.15, -0.1) is 0 Å². The third kappa shape index (κ3) is 4.87. The summed E-state index contributed by atoms with van der Waals surface area (Å²) in [5, 5.41) is 1.01. The van der Waals surface area contributed by atoms with Gasteiger partial charge in [-0.25, -0.2) is 8.78 Å². The van der Waals surface area contributed by atoms with E-state index in [0.717, 1.165) is 41.7 Å². The number of nitrogens with one attached hydrogen (secondary N) is 1. The van der Waals surface area contributed by atoms with Crippen LogP contribution < -0.4 is 0 Å². The minimum Gasteiger partial charge on any atom is -0.361 e. The molecular weight excluding hydrogens is 432 g/mol. The highest BCUT2D eigenvalue weighted by Crippen LogP contribution is 2.28. The maximum atomic E-state index is 14.8. The molecule has 0 radical (unpaired) electrons. The van der Waals surface area contributed by atoms with Crippen molar-refractivity contribution in [3.63, 3.8) is 0 Å². The van der Waals surface area contributed by atoms with Crippen LogP contribution in [0.25, 0.3) is 22.0 Å². The normalized spacial score (nSPS) is 14.1. The number of halogens is 2. The van der Waals surface area contributed by atoms with Gasteiger partial charge in [0.1, 0.15) is 11.6 Å². The van der Waals surface area contributed by atoms with E-state index in [9.17, 15) is 13.6 Å². The molecule has 0 bridgehead atoms. The average Bonchev–Trinajstić information content (AvgIpc) is 3.54. The number of nitrogens with zero attached hydrogens (tertiary/aromatic N) is 2. The van der Waals surface area contributed by atoms with Crippen molar-refractivity contribution in [2.45, 2.75) is 19.4 Å². The lowest BCUT2D eigenvalue weighted by molar-refractivity contribution is 0.0727. The minimum absolute atomic E-state index is 0.154. The van der Waals surface area contributed by atoms with Gasteiger partial charge in [0.15, 0.2) is 0 Å². The summed E-state index contributed by atoms with van der Waals surface area (Å²) in [5.41, 5.74) is 3.60. The fourth-order valence-electron chi connectivity index (χ4n) is 4.63. The number of aromatic amines is 1. The predicted octanol–water partition coefficient (Wildman–Crippen LogP) is 5.85. The predicted molar refractivity (Wildman–Crippen MR) is 131 cm³/mol. The van der Waals surface area contributed by atoms with Crippen molar-refractivity contribution in [1.82, 2.24) is 14.8 Å². The van der Waals surface area contributed by atoms with E-state index in [1.54, 1.807) is 11.0 Å². The second-order valence-corrected chi connectivity index (χ2v) is 8.88. The second-order valence-electron chi connectivity index (χ2n) is 8.88. The zero-order valence-corrected chi connectivity index (χ0v) is 18.9. The van der Waals surface area contributed by atoms with E-state index in [1.165, 1.54) is 43.2 Å². The van der Waals surface area contributed by atoms with Crippen LogP contribution in [0.2, 0.25) is 0 Å². The molecule has 0 spiro atoms. The second kappa shape index (κ2) is 9.77. The summed E-state index contributed by atoms with van der Waals surface area (Å²) in [7, 11) is 0. The zero-order valence-electron chi connectivity index (χ0n) is 18.9. The Bertz CT molecular complexity index is 1290. The van der Waals surface area contributed by atoms with E-state index in [4.69, 9.17) is 0 Å². The van der Waals surface area contributed by atoms with Crippen molar-refractivity contribution >= 4 is 16.8 Å². The number of hydrogen-bond donors (Lipinski definition) is 1. The number of carbonyl (C=O) groups excluding carboxylic acids is 1. The van der Waals surface area contributed by atoms with E-state index < -0.39 is 0 Å². The molecule has 0 aliphatic carbocycles. The number of carbonyl (C=O) groups is 1. The van der Waals surface area contributed by atoms with Gasteiger partial charge in [-0.2, -0.15) is 0 Å². The largest absolute Gasteiger partial charge is 0.361 e. The van der Waals surface area contributed by atoms with Crippen molar-refractivity contribution in [2.75, 3.05) is 26.2 Å². The van der Waals surface area contributed by atoms with Crippen LogP contribution in [0.15, 0.2) is 72.9 Å². The minimum atomic E-state index is -0.372. The number of rotatable bonds is 7. The molecule has 1 amide bonds. The fraction of sp³-hybridized carbons (Fsp3) is 0.250. The van der Waals surface area contributed by atoms with Gasteiger partial charge in [-0.3, -0.25) is 4.79 Å². The van der Waals surface area contributed by atoms with Crippen molar-refractivity contribution in [3.8, 4) is 11.1 Å². The maximum Gasteiger partial charge on any atom is 0.254 e. The molecule has 4 aromatic rings. The summed E-state index contributed by atoms with van der Waals surface area (Å²) in [4.78, 5) is 20.6. The molecule has 1 saturated heterocycles. The Morgan fingerprint density at radius 3 is 2.53 bits per heavy atom. The van der Waals surface area contributed by atoms with Crippen molar-refractivity contribution < 1.29 is 13.6 Å². The van der Waals surface area contributed by atoms with E-state index >= 15 is 0 Å². The molecule has 1 N–H and O–H groups in total. The zero-order chi connectivity index (χ0) is 23.5. The molecule has 1 aliphatic heterocycles. The van der Waals surface area contributed by atoms with Crippen LogP contribution in [-0.2, 0) is 6.54 Å². The quantitative estimate of drug-likeness (QED) is 0.377. The standard InChI is InChI=1S/C28H27F2N3O/c29-24-7-4-21(5-8-24)28(34)33(16-15-32-13-1-2-14-32)19-20-3-9-26(30)25(17-20)22-6-10-27-23(18-22)11-12-31-27/h3-12,17-18,31H,1-2,13-16,19H2. The Morgan fingerprint density at radius 1 is 0.941 bits per heavy atom. The first-order chi connectivity index (χ1) is 16.6. The number of H-pyrrole nitrogens is 1. The Balaban J connectivity index is 1.41. The van der Waals surface area contributed by atoms with Gasteiger partial charge in [0, 0.05) is 42.5 Å². The number of fused-ring (bicyclic) bond motifs is 1. The van der Waals surface area contributed by atoms with Gasteiger partial charge < -0.3 is 14.8 Å². The molecule has 1 fully saturated rings. The molecule has 1 aliphatic rings. The first kappa shape index (κ1) is 22.3. The Morgan fingerprint density at radius 2 is 1.74 bits per heavy atom. The van der Waals surface area contributed by atoms with E-state index in [2.05, 4.69) is 9.88 Å². The topological polar surface area (TPSA) is 39.3 Å². The van der Waals surface area contributed by atoms with Crippen LogP contribution in [0, 0.1) is 11.6 Å². The Kier molecular flexibility index (Phi) is 6.41. The molecule has 4 nitrogen and oxygen atoms in total. The molecular formula is C28H27F2N3O. The van der Waals surface area contributed by atoms with Gasteiger partial charge in [0.25, 0.3) is 5.91 Å². The van der Waals surface area contributed by atoms with Gasteiger partial charge in [-0.05, 0) is 97.0 Å². The van der Waals surface area contributed by atoms with Gasteiger partial charge in [-0.1, -0.05) is 12.1 Å². The number of amides is 1. The van der Waals surface area contributed by atoms with E-state index in [1.807, 2.05) is 36.5 Å². The maximum absolute atomic E-state index is 14.8. The molecule has 174 valence electrons. The smallest absolute Gasteiger partial charge is 0.254 e. The van der Waals surface area contributed by atoms with Crippen molar-refractivity contribution in [1.29, 1.82) is 0 Å². The summed E-state index contributed by atoms with van der Waals surface area (Å²) >= 11 is 0. The van der Waals surface area contributed by atoms with Crippen LogP contribution in [0.1, 0.15) is 28.8 Å². The highest BCUT2D eigenvalue weighted by Gasteiger charge is 2.20. The van der Waals surface area contributed by atoms with Crippen LogP contribution >= 0.6 is 0 Å². The first-order valence-corrected chi connectivity index (χ1v) is 11.7. The molecule has 34 heavy (non-hydrogen) atoms. The van der Waals surface area contributed by atoms with Crippen molar-refractivity contribution in [2.24, 2.45) is 0 Å². The molecule has 1 aromatic heterocycles. The van der Waals surface area contributed by atoms with Gasteiger partial charge in [0.05, 0.1) is 0 Å². The molecule has 0 unspecified atom stereocenters. The lowest BCUT2D eigenvalue weighted by atomic mass is 10.0. The number of benzene rings is 3. The van der Waals surface area contributed by atoms with Crippen LogP contribution in [0.3, 0.4) is 0 Å². The fourth-order valence-corrected chi connectivity index (χ4v) is 4.63. The summed E-state index contributed by atoms with van der Waals surface area (Å²) in [5.74, 6) is -0.825. The molecule has 0 saturated carbocycles. The third-order valence-electron chi connectivity index (χ3n) is 6.53. The highest BCUT2D eigenvalue weighted by molar-refractivity contribution is 5.94. The van der Waals surface area contributed by atoms with E-state index in [-0.39, 0.29) is 17.5 Å². The molecule has 0 atom stereocenters. The number of aromatic nitrogens is 1. The number of likely N-dealkylation sites (tertiary alicyclic amines) is 1. The van der Waals surface area contributed by atoms with Crippen LogP contribution in [0.4, 0.5) is 8.78 Å². The van der Waals surface area contributed by atoms with Crippen molar-refractivity contribution in [3.05, 3.63) is 95.7 Å². The molecule has 6 heteroatoms. The summed E-state index contributed by atoms with van der Waals surface area (Å²) in [6.45, 7) is 3.77. The monoisotopic (exact) mass is 459 g/mol. The lowest BCUT2D eigenvalue weighted by Crippen LogP contribution is -2.37. The highest BCUT2D eigenvalue weighted by atomic mass is 19.1. The average molecular weight is 460 g/mol. The van der Waals surface area contributed by atoms with Gasteiger partial charge >= 0.3 is 0 Å². The third-order valence-corrected chi connectivity index (χ3v) is 6.53. The summed E-state index contributed by atoms with van der Waals surface area (Å²) < 4.78 is 28.2. The Hall–Kier alpha value is -3.51. The number of hydrogen-bond acceptors (Lipinski definition) is 2. The molecule has 3 aromatic carbocycles. The van der Waals surface area contributed by atoms with E-state index in [0.29, 0.717) is 24.2 Å². The van der Waals surface area contributed by atoms with Gasteiger partial charge in [0.2, 0.25) is 0 Å². The SMILES string of the molecule is O=C(c1ccc(F)cc1)N(CCN1CCCC1)Cc1ccc(F)c(-c2ccc3[nH]ccc3c2)c1. The summed E-state index contributed by atoms with van der Waals surface area (Å²) in [6, 6.07) is 18.4. The first-order valence-electron chi connectivity index (χ1n) is 11.7. The van der Waals surface area contributed by atoms with Crippen LogP contribution in [0.5, 0.6) is 0 Å².